The van der Waals surface area contributed by atoms with Gasteiger partial charge in [-0.2, -0.15) is 23.5 Å². The Hall–Kier alpha value is 0.360. The maximum absolute atomic E-state index is 5.66. The summed E-state index contributed by atoms with van der Waals surface area (Å²) in [5.41, 5.74) is 4.18. The molecule has 2 nitrogen and oxygen atoms in total. The average molecular weight is 246 g/mol. The summed E-state index contributed by atoms with van der Waals surface area (Å²) in [6.07, 6.45) is 2.22. The lowest BCUT2D eigenvalue weighted by Gasteiger charge is -2.35. The number of hydrogen-bond acceptors (Lipinski definition) is 4. The van der Waals surface area contributed by atoms with Crippen LogP contribution in [0.15, 0.2) is 12.2 Å². The van der Waals surface area contributed by atoms with E-state index in [0.29, 0.717) is 11.3 Å². The van der Waals surface area contributed by atoms with Crippen LogP contribution in [0.5, 0.6) is 0 Å². The highest BCUT2D eigenvalue weighted by Crippen LogP contribution is 2.36. The molecule has 0 amide bonds. The van der Waals surface area contributed by atoms with E-state index in [1.54, 1.807) is 0 Å². The fourth-order valence-electron chi connectivity index (χ4n) is 1.96. The Kier molecular flexibility index (Phi) is 6.12. The molecule has 3 N–H and O–H groups in total. The molecule has 15 heavy (non-hydrogen) atoms. The Morgan fingerprint density at radius 2 is 2.20 bits per heavy atom. The van der Waals surface area contributed by atoms with Crippen LogP contribution >= 0.6 is 23.5 Å². The van der Waals surface area contributed by atoms with Crippen LogP contribution in [-0.2, 0) is 0 Å². The molecule has 88 valence electrons. The second kappa shape index (κ2) is 6.84. The predicted molar refractivity (Wildman–Crippen MR) is 73.3 cm³/mol. The maximum atomic E-state index is 5.66. The second-order valence-corrected chi connectivity index (χ2v) is 6.72. The van der Waals surface area contributed by atoms with Crippen LogP contribution in [0.3, 0.4) is 0 Å². The van der Waals surface area contributed by atoms with Gasteiger partial charge in [0.2, 0.25) is 0 Å². The molecule has 0 aromatic heterocycles. The second-order valence-electron chi connectivity index (χ2n) is 4.09. The number of nitrogens with two attached hydrogens (primary N) is 1. The van der Waals surface area contributed by atoms with E-state index in [1.165, 1.54) is 23.5 Å². The Morgan fingerprint density at radius 3 is 2.73 bits per heavy atom. The monoisotopic (exact) mass is 246 g/mol. The highest BCUT2D eigenvalue weighted by Gasteiger charge is 2.31. The first-order chi connectivity index (χ1) is 7.19. The standard InChI is InChI=1S/C11H22N2S2/c1-4-10-11(15-6-5-14-10)9(13-12)7-8(2)3/h9-11,13H,2,4-7,12H2,1,3H3. The van der Waals surface area contributed by atoms with Gasteiger partial charge in [-0.1, -0.05) is 12.5 Å². The van der Waals surface area contributed by atoms with Crippen LogP contribution in [0.1, 0.15) is 26.7 Å². The van der Waals surface area contributed by atoms with E-state index in [4.69, 9.17) is 5.84 Å². The summed E-state index contributed by atoms with van der Waals surface area (Å²) in [4.78, 5) is 0. The number of rotatable bonds is 5. The molecule has 1 fully saturated rings. The molecule has 0 radical (unpaired) electrons. The van der Waals surface area contributed by atoms with E-state index in [-0.39, 0.29) is 0 Å². The summed E-state index contributed by atoms with van der Waals surface area (Å²) >= 11 is 4.16. The summed E-state index contributed by atoms with van der Waals surface area (Å²) in [6.45, 7) is 8.32. The topological polar surface area (TPSA) is 38.0 Å². The molecule has 0 aliphatic carbocycles. The average Bonchev–Trinajstić information content (AvgIpc) is 2.25. The van der Waals surface area contributed by atoms with Crippen LogP contribution in [0.4, 0.5) is 0 Å². The van der Waals surface area contributed by atoms with Crippen molar-refractivity contribution < 1.29 is 0 Å². The van der Waals surface area contributed by atoms with Crippen molar-refractivity contribution in [3.8, 4) is 0 Å². The van der Waals surface area contributed by atoms with E-state index >= 15 is 0 Å². The normalized spacial score (nSPS) is 28.7. The zero-order valence-electron chi connectivity index (χ0n) is 9.66. The predicted octanol–water partition coefficient (Wildman–Crippen LogP) is 2.41. The molecule has 1 aliphatic rings. The highest BCUT2D eigenvalue weighted by molar-refractivity contribution is 8.07. The largest absolute Gasteiger partial charge is 0.271 e. The third kappa shape index (κ3) is 4.02. The fourth-order valence-corrected chi connectivity index (χ4v) is 5.20. The summed E-state index contributed by atoms with van der Waals surface area (Å²) in [5, 5.41) is 1.37. The zero-order chi connectivity index (χ0) is 11.3. The van der Waals surface area contributed by atoms with Crippen molar-refractivity contribution in [3.05, 3.63) is 12.2 Å². The van der Waals surface area contributed by atoms with Crippen molar-refractivity contribution in [1.82, 2.24) is 5.43 Å². The minimum atomic E-state index is 0.380. The minimum Gasteiger partial charge on any atom is -0.271 e. The maximum Gasteiger partial charge on any atom is 0.0377 e. The first-order valence-electron chi connectivity index (χ1n) is 5.52. The molecule has 4 heteroatoms. The van der Waals surface area contributed by atoms with Crippen LogP contribution in [0.25, 0.3) is 0 Å². The van der Waals surface area contributed by atoms with Gasteiger partial charge in [0.15, 0.2) is 0 Å². The van der Waals surface area contributed by atoms with Crippen molar-refractivity contribution in [1.29, 1.82) is 0 Å². The van der Waals surface area contributed by atoms with Crippen molar-refractivity contribution in [2.75, 3.05) is 11.5 Å². The fraction of sp³-hybridized carbons (Fsp3) is 0.818. The first kappa shape index (κ1) is 13.4. The SMILES string of the molecule is C=C(C)CC(NN)C1SCCSC1CC. The molecular formula is C11H22N2S2. The highest BCUT2D eigenvalue weighted by atomic mass is 32.2. The van der Waals surface area contributed by atoms with Gasteiger partial charge in [-0.05, 0) is 19.8 Å². The Morgan fingerprint density at radius 1 is 1.53 bits per heavy atom. The number of hydrazine groups is 1. The van der Waals surface area contributed by atoms with Crippen molar-refractivity contribution >= 4 is 23.5 Å². The molecule has 0 aromatic rings. The van der Waals surface area contributed by atoms with E-state index in [0.717, 1.165) is 11.7 Å². The lowest BCUT2D eigenvalue weighted by Crippen LogP contribution is -2.48. The Labute approximate surface area is 102 Å². The molecular weight excluding hydrogens is 224 g/mol. The van der Waals surface area contributed by atoms with Gasteiger partial charge in [-0.25, -0.2) is 0 Å². The lowest BCUT2D eigenvalue weighted by molar-refractivity contribution is 0.489. The molecule has 1 heterocycles. The van der Waals surface area contributed by atoms with Gasteiger partial charge >= 0.3 is 0 Å². The van der Waals surface area contributed by atoms with Crippen molar-refractivity contribution in [3.63, 3.8) is 0 Å². The quantitative estimate of drug-likeness (QED) is 0.444. The van der Waals surface area contributed by atoms with Gasteiger partial charge in [0.25, 0.3) is 0 Å². The Bertz CT molecular complexity index is 209. The Balaban J connectivity index is 2.58. The smallest absolute Gasteiger partial charge is 0.0377 e. The lowest BCUT2D eigenvalue weighted by atomic mass is 10.0. The van der Waals surface area contributed by atoms with Gasteiger partial charge in [0, 0.05) is 28.0 Å². The van der Waals surface area contributed by atoms with Gasteiger partial charge in [-0.15, -0.1) is 6.58 Å². The van der Waals surface area contributed by atoms with Gasteiger partial charge in [0.05, 0.1) is 0 Å². The zero-order valence-corrected chi connectivity index (χ0v) is 11.3. The minimum absolute atomic E-state index is 0.380. The third-order valence-electron chi connectivity index (χ3n) is 2.67. The van der Waals surface area contributed by atoms with Crippen LogP contribution in [0, 0.1) is 0 Å². The van der Waals surface area contributed by atoms with Gasteiger partial charge < -0.3 is 0 Å². The van der Waals surface area contributed by atoms with Gasteiger partial charge in [-0.3, -0.25) is 11.3 Å². The van der Waals surface area contributed by atoms with Gasteiger partial charge in [0.1, 0.15) is 0 Å². The summed E-state index contributed by atoms with van der Waals surface area (Å²) in [5.74, 6) is 8.19. The van der Waals surface area contributed by atoms with Crippen molar-refractivity contribution in [2.45, 2.75) is 43.2 Å². The molecule has 1 aliphatic heterocycles. The van der Waals surface area contributed by atoms with Crippen LogP contribution in [-0.4, -0.2) is 28.0 Å². The molecule has 3 atom stereocenters. The van der Waals surface area contributed by atoms with E-state index in [1.807, 2.05) is 0 Å². The van der Waals surface area contributed by atoms with Crippen LogP contribution in [0.2, 0.25) is 0 Å². The van der Waals surface area contributed by atoms with E-state index < -0.39 is 0 Å². The molecule has 0 bridgehead atoms. The van der Waals surface area contributed by atoms with E-state index in [2.05, 4.69) is 49.4 Å². The third-order valence-corrected chi connectivity index (χ3v) is 6.08. The van der Waals surface area contributed by atoms with Crippen molar-refractivity contribution in [2.24, 2.45) is 5.84 Å². The summed E-state index contributed by atoms with van der Waals surface area (Å²) in [7, 11) is 0. The summed E-state index contributed by atoms with van der Waals surface area (Å²) in [6, 6.07) is 0.380. The first-order valence-corrected chi connectivity index (χ1v) is 7.62. The summed E-state index contributed by atoms with van der Waals surface area (Å²) < 4.78 is 0. The molecule has 0 saturated carbocycles. The molecule has 0 spiro atoms. The molecule has 1 saturated heterocycles. The van der Waals surface area contributed by atoms with Crippen LogP contribution < -0.4 is 11.3 Å². The number of hydrogen-bond donors (Lipinski definition) is 2. The molecule has 3 unspecified atom stereocenters. The van der Waals surface area contributed by atoms with E-state index in [9.17, 15) is 0 Å². The number of thioether (sulfide) groups is 2. The molecule has 1 rings (SSSR count). The number of nitrogens with one attached hydrogen (secondary N) is 1. The molecule has 0 aromatic carbocycles.